The lowest BCUT2D eigenvalue weighted by Crippen LogP contribution is -2.54. The highest BCUT2D eigenvalue weighted by Crippen LogP contribution is 2.40. The molecule has 0 saturated heterocycles. The molecule has 1 unspecified atom stereocenters. The molecule has 9 heteroatoms. The summed E-state index contributed by atoms with van der Waals surface area (Å²) < 4.78 is 55.8. The fourth-order valence-electron chi connectivity index (χ4n) is 3.18. The molecule has 1 aliphatic rings. The molecule has 1 aromatic rings. The van der Waals surface area contributed by atoms with Crippen LogP contribution in [-0.4, -0.2) is 54.9 Å². The van der Waals surface area contributed by atoms with Gasteiger partial charge in [0.15, 0.2) is 11.5 Å². The van der Waals surface area contributed by atoms with E-state index in [1.165, 1.54) is 27.2 Å². The molecular formula is C19H24F3NO5. The van der Waals surface area contributed by atoms with Crippen LogP contribution in [0.15, 0.2) is 17.1 Å². The van der Waals surface area contributed by atoms with Crippen LogP contribution in [-0.2, 0) is 16.0 Å². The van der Waals surface area contributed by atoms with Gasteiger partial charge in [-0.1, -0.05) is 0 Å². The van der Waals surface area contributed by atoms with Crippen LogP contribution in [0.5, 0.6) is 11.5 Å². The average molecular weight is 403 g/mol. The van der Waals surface area contributed by atoms with E-state index in [0.29, 0.717) is 29.0 Å². The maximum Gasteiger partial charge on any atom is 0.428 e. The summed E-state index contributed by atoms with van der Waals surface area (Å²) in [6.07, 6.45) is -5.86. The van der Waals surface area contributed by atoms with Gasteiger partial charge in [-0.2, -0.15) is 13.2 Å². The van der Waals surface area contributed by atoms with Crippen molar-refractivity contribution in [1.29, 1.82) is 0 Å². The first kappa shape index (κ1) is 22.0. The molecule has 0 aromatic heterocycles. The molecule has 0 fully saturated rings. The van der Waals surface area contributed by atoms with Gasteiger partial charge >= 0.3 is 12.1 Å². The minimum absolute atomic E-state index is 0.0555. The Morgan fingerprint density at radius 3 is 2.29 bits per heavy atom. The number of ether oxygens (including phenoxy) is 3. The molecule has 0 radical (unpaired) electrons. The zero-order valence-corrected chi connectivity index (χ0v) is 16.4. The van der Waals surface area contributed by atoms with Crippen molar-refractivity contribution in [3.63, 3.8) is 0 Å². The monoisotopic (exact) mass is 403 g/mol. The van der Waals surface area contributed by atoms with Crippen LogP contribution in [0.4, 0.5) is 13.2 Å². The third-order valence-corrected chi connectivity index (χ3v) is 4.49. The first-order valence-electron chi connectivity index (χ1n) is 8.69. The van der Waals surface area contributed by atoms with E-state index >= 15 is 0 Å². The molecule has 156 valence electrons. The van der Waals surface area contributed by atoms with Gasteiger partial charge in [0.05, 0.1) is 26.4 Å². The van der Waals surface area contributed by atoms with Crippen molar-refractivity contribution < 1.29 is 37.3 Å². The van der Waals surface area contributed by atoms with Gasteiger partial charge in [0.2, 0.25) is 0 Å². The predicted octanol–water partition coefficient (Wildman–Crippen LogP) is 3.07. The van der Waals surface area contributed by atoms with E-state index in [0.717, 1.165) is 0 Å². The Morgan fingerprint density at radius 2 is 1.79 bits per heavy atom. The summed E-state index contributed by atoms with van der Waals surface area (Å²) in [5.41, 5.74) is -3.45. The quantitative estimate of drug-likeness (QED) is 0.739. The normalized spacial score (nSPS) is 17.8. The SMILES string of the molecule is CCOC(=O)C(O)(CC1=NC(C)(C)Cc2cc(OC)c(OC)cc21)C(F)(F)F. The number of hydrogen-bond acceptors (Lipinski definition) is 6. The van der Waals surface area contributed by atoms with E-state index in [-0.39, 0.29) is 12.3 Å². The number of alkyl halides is 3. The van der Waals surface area contributed by atoms with Crippen molar-refractivity contribution in [3.05, 3.63) is 23.3 Å². The summed E-state index contributed by atoms with van der Waals surface area (Å²) >= 11 is 0. The number of fused-ring (bicyclic) bond motifs is 1. The number of aliphatic hydroxyl groups is 1. The van der Waals surface area contributed by atoms with Crippen LogP contribution in [0, 0.1) is 0 Å². The second-order valence-electron chi connectivity index (χ2n) is 7.17. The summed E-state index contributed by atoms with van der Waals surface area (Å²) in [7, 11) is 2.86. The topological polar surface area (TPSA) is 77.4 Å². The van der Waals surface area contributed by atoms with Crippen molar-refractivity contribution in [1.82, 2.24) is 0 Å². The van der Waals surface area contributed by atoms with E-state index in [9.17, 15) is 23.1 Å². The summed E-state index contributed by atoms with van der Waals surface area (Å²) in [4.78, 5) is 16.4. The molecule has 1 heterocycles. The van der Waals surface area contributed by atoms with Gasteiger partial charge in [0.1, 0.15) is 0 Å². The number of halogens is 3. The van der Waals surface area contributed by atoms with Crippen LogP contribution in [0.1, 0.15) is 38.3 Å². The zero-order chi connectivity index (χ0) is 21.3. The number of hydrogen-bond donors (Lipinski definition) is 1. The maximum absolute atomic E-state index is 13.6. The number of carbonyl (C=O) groups is 1. The molecule has 0 bridgehead atoms. The molecule has 1 aromatic carbocycles. The van der Waals surface area contributed by atoms with Gasteiger partial charge in [-0.05, 0) is 44.9 Å². The van der Waals surface area contributed by atoms with E-state index in [1.54, 1.807) is 19.9 Å². The molecule has 1 aliphatic heterocycles. The van der Waals surface area contributed by atoms with E-state index in [4.69, 9.17) is 9.47 Å². The van der Waals surface area contributed by atoms with Gasteiger partial charge in [-0.15, -0.1) is 0 Å². The Labute approximate surface area is 161 Å². The minimum atomic E-state index is -5.24. The number of aliphatic imine (C=N–C) groups is 1. The Morgan fingerprint density at radius 1 is 1.21 bits per heavy atom. The highest BCUT2D eigenvalue weighted by Gasteiger charge is 2.61. The number of methoxy groups -OCH3 is 2. The lowest BCUT2D eigenvalue weighted by molar-refractivity contribution is -0.260. The Kier molecular flexibility index (Phi) is 5.98. The summed E-state index contributed by atoms with van der Waals surface area (Å²) in [6.45, 7) is 4.58. The standard InChI is InChI=1S/C19H24F3NO5/c1-6-28-16(24)18(25,19(20,21)22)10-13-12-8-15(27-5)14(26-4)7-11(12)9-17(2,3)23-13/h7-8,25H,6,9-10H2,1-5H3. The average Bonchev–Trinajstić information content (AvgIpc) is 2.58. The lowest BCUT2D eigenvalue weighted by atomic mass is 9.82. The van der Waals surface area contributed by atoms with E-state index < -0.39 is 29.7 Å². The molecular weight excluding hydrogens is 379 g/mol. The van der Waals surface area contributed by atoms with Crippen molar-refractivity contribution in [2.45, 2.75) is 50.9 Å². The molecule has 2 rings (SSSR count). The van der Waals surface area contributed by atoms with Crippen molar-refractivity contribution in [3.8, 4) is 11.5 Å². The zero-order valence-electron chi connectivity index (χ0n) is 16.4. The van der Waals surface area contributed by atoms with E-state index in [1.807, 2.05) is 0 Å². The lowest BCUT2D eigenvalue weighted by Gasteiger charge is -2.34. The first-order valence-corrected chi connectivity index (χ1v) is 8.69. The van der Waals surface area contributed by atoms with Crippen LogP contribution in [0.2, 0.25) is 0 Å². The molecule has 6 nitrogen and oxygen atoms in total. The summed E-state index contributed by atoms with van der Waals surface area (Å²) in [6, 6.07) is 3.17. The number of benzene rings is 1. The number of rotatable bonds is 6. The molecule has 0 spiro atoms. The number of carbonyl (C=O) groups excluding carboxylic acids is 1. The van der Waals surface area contributed by atoms with Crippen LogP contribution < -0.4 is 9.47 Å². The fourth-order valence-corrected chi connectivity index (χ4v) is 3.18. The highest BCUT2D eigenvalue weighted by molar-refractivity contribution is 6.06. The molecule has 0 saturated carbocycles. The van der Waals surface area contributed by atoms with Crippen LogP contribution >= 0.6 is 0 Å². The molecule has 1 atom stereocenters. The predicted molar refractivity (Wildman–Crippen MR) is 96.1 cm³/mol. The van der Waals surface area contributed by atoms with Crippen molar-refractivity contribution in [2.24, 2.45) is 4.99 Å². The maximum atomic E-state index is 13.6. The fraction of sp³-hybridized carbons (Fsp3) is 0.579. The Balaban J connectivity index is 2.60. The van der Waals surface area contributed by atoms with Crippen molar-refractivity contribution >= 4 is 11.7 Å². The summed E-state index contributed by atoms with van der Waals surface area (Å²) in [5, 5.41) is 10.3. The van der Waals surface area contributed by atoms with E-state index in [2.05, 4.69) is 9.73 Å². The Bertz CT molecular complexity index is 789. The molecule has 28 heavy (non-hydrogen) atoms. The van der Waals surface area contributed by atoms with Gasteiger partial charge in [0.25, 0.3) is 5.60 Å². The second-order valence-corrected chi connectivity index (χ2v) is 7.17. The molecule has 0 aliphatic carbocycles. The largest absolute Gasteiger partial charge is 0.493 e. The minimum Gasteiger partial charge on any atom is -0.493 e. The number of nitrogens with zero attached hydrogens (tertiary/aromatic N) is 1. The third kappa shape index (κ3) is 4.09. The number of esters is 1. The van der Waals surface area contributed by atoms with Gasteiger partial charge < -0.3 is 19.3 Å². The van der Waals surface area contributed by atoms with Gasteiger partial charge in [-0.25, -0.2) is 4.79 Å². The Hall–Kier alpha value is -2.29. The second kappa shape index (κ2) is 7.62. The van der Waals surface area contributed by atoms with Crippen LogP contribution in [0.25, 0.3) is 0 Å². The highest BCUT2D eigenvalue weighted by atomic mass is 19.4. The van der Waals surface area contributed by atoms with Gasteiger partial charge in [0, 0.05) is 17.7 Å². The summed E-state index contributed by atoms with van der Waals surface area (Å²) in [5.74, 6) is -1.02. The van der Waals surface area contributed by atoms with Crippen molar-refractivity contribution in [2.75, 3.05) is 20.8 Å². The molecule has 1 N–H and O–H groups in total. The first-order chi connectivity index (χ1) is 12.9. The third-order valence-electron chi connectivity index (χ3n) is 4.49. The van der Waals surface area contributed by atoms with Crippen LogP contribution in [0.3, 0.4) is 0 Å². The van der Waals surface area contributed by atoms with Gasteiger partial charge in [-0.3, -0.25) is 4.99 Å². The molecule has 0 amide bonds. The smallest absolute Gasteiger partial charge is 0.428 e.